The molecule has 1 aliphatic rings. The molecular formula is C25H32FN3O6S. The Balaban J connectivity index is 1.92. The fourth-order valence-electron chi connectivity index (χ4n) is 3.64. The number of hydrogen-bond donors (Lipinski definition) is 1. The number of halogens is 1. The van der Waals surface area contributed by atoms with Gasteiger partial charge >= 0.3 is 0 Å². The van der Waals surface area contributed by atoms with Crippen molar-refractivity contribution >= 4 is 27.5 Å². The van der Waals surface area contributed by atoms with Gasteiger partial charge in [-0.25, -0.2) is 12.8 Å². The topological polar surface area (TPSA) is 105 Å². The van der Waals surface area contributed by atoms with Crippen LogP contribution in [0.4, 0.5) is 10.1 Å². The van der Waals surface area contributed by atoms with Gasteiger partial charge < -0.3 is 19.7 Å². The molecule has 36 heavy (non-hydrogen) atoms. The number of nitrogens with zero attached hydrogens (tertiary/aromatic N) is 2. The van der Waals surface area contributed by atoms with Gasteiger partial charge in [-0.2, -0.15) is 0 Å². The van der Waals surface area contributed by atoms with Crippen molar-refractivity contribution in [1.29, 1.82) is 0 Å². The average Bonchev–Trinajstić information content (AvgIpc) is 2.79. The normalized spacial score (nSPS) is 14.1. The highest BCUT2D eigenvalue weighted by molar-refractivity contribution is 7.92. The Kier molecular flexibility index (Phi) is 8.12. The van der Waals surface area contributed by atoms with Gasteiger partial charge in [-0.15, -0.1) is 0 Å². The third-order valence-corrected chi connectivity index (χ3v) is 6.57. The number of carbonyl (C=O) groups excluding carboxylic acids is 2. The van der Waals surface area contributed by atoms with Gasteiger partial charge in [-0.05, 0) is 57.5 Å². The second-order valence-electron chi connectivity index (χ2n) is 9.66. The zero-order chi connectivity index (χ0) is 26.7. The summed E-state index contributed by atoms with van der Waals surface area (Å²) in [6, 6.07) is 9.24. The van der Waals surface area contributed by atoms with Crippen molar-refractivity contribution in [2.45, 2.75) is 45.8 Å². The zero-order valence-corrected chi connectivity index (χ0v) is 21.9. The maximum Gasteiger partial charge on any atom is 0.244 e. The fourth-order valence-corrected chi connectivity index (χ4v) is 4.49. The van der Waals surface area contributed by atoms with Gasteiger partial charge in [-0.1, -0.05) is 12.1 Å². The van der Waals surface area contributed by atoms with Gasteiger partial charge in [0, 0.05) is 18.2 Å². The highest BCUT2D eigenvalue weighted by atomic mass is 32.2. The summed E-state index contributed by atoms with van der Waals surface area (Å²) in [6.45, 7) is 7.15. The predicted molar refractivity (Wildman–Crippen MR) is 134 cm³/mol. The Morgan fingerprint density at radius 2 is 1.67 bits per heavy atom. The first-order chi connectivity index (χ1) is 16.7. The van der Waals surface area contributed by atoms with Crippen molar-refractivity contribution in [2.24, 2.45) is 0 Å². The number of sulfonamides is 1. The van der Waals surface area contributed by atoms with E-state index in [1.54, 1.807) is 13.0 Å². The molecule has 1 N–H and O–H groups in total. The molecule has 0 saturated carbocycles. The third kappa shape index (κ3) is 7.09. The third-order valence-electron chi connectivity index (χ3n) is 5.42. The smallest absolute Gasteiger partial charge is 0.244 e. The molecule has 2 aromatic carbocycles. The van der Waals surface area contributed by atoms with E-state index in [-0.39, 0.29) is 12.2 Å². The molecule has 196 valence electrons. The fraction of sp³-hybridized carbons (Fsp3) is 0.440. The molecule has 0 spiro atoms. The molecule has 1 aliphatic heterocycles. The molecule has 1 heterocycles. The van der Waals surface area contributed by atoms with Gasteiger partial charge in [0.05, 0.1) is 11.9 Å². The van der Waals surface area contributed by atoms with Crippen LogP contribution in [0.25, 0.3) is 0 Å². The van der Waals surface area contributed by atoms with Crippen LogP contribution < -0.4 is 19.1 Å². The molecule has 0 saturated heterocycles. The highest BCUT2D eigenvalue weighted by Crippen LogP contribution is 2.34. The molecule has 9 nitrogen and oxygen atoms in total. The van der Waals surface area contributed by atoms with Gasteiger partial charge in [0.15, 0.2) is 11.5 Å². The van der Waals surface area contributed by atoms with Crippen LogP contribution in [-0.2, 0) is 26.2 Å². The Morgan fingerprint density at radius 1 is 1.06 bits per heavy atom. The SMILES string of the molecule is CC(C(=O)NC(C)(C)C)N(Cc1ccc(F)cc1)C(=O)CN(c1ccc2c(c1)OCCO2)S(C)(=O)=O. The van der Waals surface area contributed by atoms with Crippen molar-refractivity contribution < 1.29 is 31.9 Å². The Hall–Kier alpha value is -3.34. The largest absolute Gasteiger partial charge is 0.486 e. The van der Waals surface area contributed by atoms with Crippen LogP contribution in [-0.4, -0.2) is 62.7 Å². The molecule has 0 aromatic heterocycles. The molecule has 0 radical (unpaired) electrons. The Bertz CT molecular complexity index is 1210. The van der Waals surface area contributed by atoms with Crippen molar-refractivity contribution in [3.63, 3.8) is 0 Å². The van der Waals surface area contributed by atoms with E-state index in [1.165, 1.54) is 41.3 Å². The average molecular weight is 522 g/mol. The van der Waals surface area contributed by atoms with Crippen LogP contribution in [0, 0.1) is 5.82 Å². The molecule has 2 amide bonds. The summed E-state index contributed by atoms with van der Waals surface area (Å²) in [4.78, 5) is 27.8. The van der Waals surface area contributed by atoms with Gasteiger partial charge in [-0.3, -0.25) is 13.9 Å². The molecule has 3 rings (SSSR count). The zero-order valence-electron chi connectivity index (χ0n) is 21.1. The van der Waals surface area contributed by atoms with E-state index in [0.29, 0.717) is 30.3 Å². The number of carbonyl (C=O) groups is 2. The number of hydrogen-bond acceptors (Lipinski definition) is 6. The van der Waals surface area contributed by atoms with Crippen LogP contribution >= 0.6 is 0 Å². The number of fused-ring (bicyclic) bond motifs is 1. The molecule has 2 aromatic rings. The summed E-state index contributed by atoms with van der Waals surface area (Å²) < 4.78 is 50.9. The number of rotatable bonds is 8. The van der Waals surface area contributed by atoms with Gasteiger partial charge in [0.25, 0.3) is 0 Å². The lowest BCUT2D eigenvalue weighted by Crippen LogP contribution is -2.54. The first kappa shape index (κ1) is 27.3. The summed E-state index contributed by atoms with van der Waals surface area (Å²) in [5.74, 6) is -0.576. The van der Waals surface area contributed by atoms with E-state index in [2.05, 4.69) is 5.32 Å². The Labute approximate surface area is 211 Å². The Morgan fingerprint density at radius 3 is 2.25 bits per heavy atom. The lowest BCUT2D eigenvalue weighted by Gasteiger charge is -2.33. The second kappa shape index (κ2) is 10.7. The van der Waals surface area contributed by atoms with E-state index < -0.39 is 45.8 Å². The summed E-state index contributed by atoms with van der Waals surface area (Å²) in [6.07, 6.45) is 0.997. The van der Waals surface area contributed by atoms with Crippen LogP contribution in [0.15, 0.2) is 42.5 Å². The number of nitrogens with one attached hydrogen (secondary N) is 1. The standard InChI is InChI=1S/C25H32FN3O6S/c1-17(24(31)27-25(2,3)4)28(15-18-6-8-19(26)9-7-18)23(30)16-29(36(5,32)33)20-10-11-21-22(14-20)35-13-12-34-21/h6-11,14,17H,12-13,15-16H2,1-5H3,(H,27,31). The minimum Gasteiger partial charge on any atom is -0.486 e. The molecule has 0 aliphatic carbocycles. The first-order valence-corrected chi connectivity index (χ1v) is 13.3. The van der Waals surface area contributed by atoms with Crippen molar-refractivity contribution in [3.05, 3.63) is 53.8 Å². The van der Waals surface area contributed by atoms with Crippen molar-refractivity contribution in [2.75, 3.05) is 30.3 Å². The van der Waals surface area contributed by atoms with E-state index in [9.17, 15) is 22.4 Å². The predicted octanol–water partition coefficient (Wildman–Crippen LogP) is 2.69. The molecule has 0 fully saturated rings. The number of ether oxygens (including phenoxy) is 2. The summed E-state index contributed by atoms with van der Waals surface area (Å²) in [5, 5.41) is 2.84. The van der Waals surface area contributed by atoms with Crippen LogP contribution in [0.3, 0.4) is 0 Å². The number of amides is 2. The lowest BCUT2D eigenvalue weighted by atomic mass is 10.1. The van der Waals surface area contributed by atoms with Gasteiger partial charge in [0.2, 0.25) is 21.8 Å². The van der Waals surface area contributed by atoms with Crippen molar-refractivity contribution in [3.8, 4) is 11.5 Å². The first-order valence-electron chi connectivity index (χ1n) is 11.5. The van der Waals surface area contributed by atoms with E-state index >= 15 is 0 Å². The second-order valence-corrected chi connectivity index (χ2v) is 11.6. The molecule has 11 heteroatoms. The number of benzene rings is 2. The molecule has 1 unspecified atom stereocenters. The van der Waals surface area contributed by atoms with E-state index in [4.69, 9.17) is 9.47 Å². The minimum absolute atomic E-state index is 0.0173. The summed E-state index contributed by atoms with van der Waals surface area (Å²) in [5.41, 5.74) is 0.272. The summed E-state index contributed by atoms with van der Waals surface area (Å²) in [7, 11) is -3.89. The molecule has 1 atom stereocenters. The highest BCUT2D eigenvalue weighted by Gasteiger charge is 2.31. The van der Waals surface area contributed by atoms with Crippen LogP contribution in [0.1, 0.15) is 33.3 Å². The van der Waals surface area contributed by atoms with E-state index in [0.717, 1.165) is 10.6 Å². The number of anilines is 1. The molecular weight excluding hydrogens is 489 g/mol. The maximum atomic E-state index is 13.6. The van der Waals surface area contributed by atoms with Crippen LogP contribution in [0.2, 0.25) is 0 Å². The monoisotopic (exact) mass is 521 g/mol. The van der Waals surface area contributed by atoms with E-state index in [1.807, 2.05) is 20.8 Å². The molecule has 0 bridgehead atoms. The van der Waals surface area contributed by atoms with Gasteiger partial charge in [0.1, 0.15) is 31.6 Å². The lowest BCUT2D eigenvalue weighted by molar-refractivity contribution is -0.140. The van der Waals surface area contributed by atoms with Crippen LogP contribution in [0.5, 0.6) is 11.5 Å². The quantitative estimate of drug-likeness (QED) is 0.573. The van der Waals surface area contributed by atoms with Crippen molar-refractivity contribution in [1.82, 2.24) is 10.2 Å². The maximum absolute atomic E-state index is 13.6. The summed E-state index contributed by atoms with van der Waals surface area (Å²) >= 11 is 0. The minimum atomic E-state index is -3.89.